The second-order valence-corrected chi connectivity index (χ2v) is 5.51. The van der Waals surface area contributed by atoms with E-state index in [9.17, 15) is 4.79 Å². The Morgan fingerprint density at radius 2 is 1.95 bits per heavy atom. The number of halogens is 2. The second-order valence-electron chi connectivity index (χ2n) is 4.15. The Hall–Kier alpha value is -1.52. The lowest BCUT2D eigenvalue weighted by molar-refractivity contribution is 0.0948. The molecule has 2 aromatic carbocycles. The van der Waals surface area contributed by atoms with E-state index in [1.165, 1.54) is 7.11 Å². The van der Waals surface area contributed by atoms with Crippen LogP contribution in [-0.2, 0) is 6.54 Å². The molecule has 1 N–H and O–H groups in total. The summed E-state index contributed by atoms with van der Waals surface area (Å²) in [6.45, 7) is 0.440. The number of methoxy groups -OCH3 is 1. The van der Waals surface area contributed by atoms with Crippen LogP contribution < -0.4 is 10.1 Å². The molecule has 2 rings (SSSR count). The monoisotopic (exact) mass is 353 g/mol. The van der Waals surface area contributed by atoms with E-state index in [1.54, 1.807) is 30.3 Å². The number of amides is 1. The van der Waals surface area contributed by atoms with E-state index >= 15 is 0 Å². The van der Waals surface area contributed by atoms with Gasteiger partial charge in [-0.1, -0.05) is 39.7 Å². The molecule has 0 aromatic heterocycles. The standard InChI is InChI=1S/C15H13BrClNO2/c1-20-14-8-11(16)4-7-13(14)15(19)18-9-10-2-5-12(17)6-3-10/h2-8H,9H2,1H3,(H,18,19). The van der Waals surface area contributed by atoms with Crippen LogP contribution in [0.1, 0.15) is 15.9 Å². The lowest BCUT2D eigenvalue weighted by Gasteiger charge is -2.10. The summed E-state index contributed by atoms with van der Waals surface area (Å²) in [4.78, 5) is 12.1. The minimum Gasteiger partial charge on any atom is -0.496 e. The van der Waals surface area contributed by atoms with Crippen molar-refractivity contribution >= 4 is 33.4 Å². The van der Waals surface area contributed by atoms with Crippen molar-refractivity contribution in [2.24, 2.45) is 0 Å². The molecule has 1 amide bonds. The molecule has 0 bridgehead atoms. The van der Waals surface area contributed by atoms with E-state index in [0.717, 1.165) is 10.0 Å². The average molecular weight is 355 g/mol. The zero-order chi connectivity index (χ0) is 14.5. The molecule has 0 atom stereocenters. The topological polar surface area (TPSA) is 38.3 Å². The van der Waals surface area contributed by atoms with Gasteiger partial charge in [0, 0.05) is 16.0 Å². The Bertz CT molecular complexity index is 614. The molecular formula is C15H13BrClNO2. The Morgan fingerprint density at radius 3 is 2.60 bits per heavy atom. The number of ether oxygens (including phenoxy) is 1. The van der Waals surface area contributed by atoms with Crippen molar-refractivity contribution in [2.75, 3.05) is 7.11 Å². The fraction of sp³-hybridized carbons (Fsp3) is 0.133. The third kappa shape index (κ3) is 3.74. The lowest BCUT2D eigenvalue weighted by atomic mass is 10.1. The Labute approximate surface area is 131 Å². The molecule has 0 saturated heterocycles. The molecule has 0 spiro atoms. The maximum absolute atomic E-state index is 12.1. The van der Waals surface area contributed by atoms with Gasteiger partial charge in [0.05, 0.1) is 12.7 Å². The van der Waals surface area contributed by atoms with E-state index in [0.29, 0.717) is 22.9 Å². The van der Waals surface area contributed by atoms with Gasteiger partial charge < -0.3 is 10.1 Å². The van der Waals surface area contributed by atoms with E-state index in [4.69, 9.17) is 16.3 Å². The molecule has 0 aliphatic rings. The zero-order valence-corrected chi connectivity index (χ0v) is 13.2. The molecule has 0 radical (unpaired) electrons. The SMILES string of the molecule is COc1cc(Br)ccc1C(=O)NCc1ccc(Cl)cc1. The van der Waals surface area contributed by atoms with Crippen LogP contribution in [0.2, 0.25) is 5.02 Å². The van der Waals surface area contributed by atoms with E-state index in [1.807, 2.05) is 12.1 Å². The first-order valence-electron chi connectivity index (χ1n) is 5.96. The quantitative estimate of drug-likeness (QED) is 0.900. The van der Waals surface area contributed by atoms with Crippen molar-refractivity contribution in [3.05, 3.63) is 63.1 Å². The maximum Gasteiger partial charge on any atom is 0.255 e. The number of hydrogen-bond donors (Lipinski definition) is 1. The number of nitrogens with one attached hydrogen (secondary N) is 1. The first-order chi connectivity index (χ1) is 9.60. The normalized spacial score (nSPS) is 10.2. The fourth-order valence-electron chi connectivity index (χ4n) is 1.73. The van der Waals surface area contributed by atoms with Crippen LogP contribution in [-0.4, -0.2) is 13.0 Å². The van der Waals surface area contributed by atoms with Gasteiger partial charge in [-0.15, -0.1) is 0 Å². The summed E-state index contributed by atoms with van der Waals surface area (Å²) in [5.74, 6) is 0.359. The maximum atomic E-state index is 12.1. The molecule has 0 saturated carbocycles. The number of carbonyl (C=O) groups is 1. The molecule has 0 heterocycles. The molecule has 0 fully saturated rings. The van der Waals surface area contributed by atoms with Crippen molar-refractivity contribution in [1.29, 1.82) is 0 Å². The summed E-state index contributed by atoms with van der Waals surface area (Å²) >= 11 is 9.16. The predicted octanol–water partition coefficient (Wildman–Crippen LogP) is 4.04. The highest BCUT2D eigenvalue weighted by atomic mass is 79.9. The van der Waals surface area contributed by atoms with Crippen LogP contribution in [0.25, 0.3) is 0 Å². The number of hydrogen-bond acceptors (Lipinski definition) is 2. The van der Waals surface area contributed by atoms with Gasteiger partial charge in [-0.25, -0.2) is 0 Å². The minimum atomic E-state index is -0.177. The highest BCUT2D eigenvalue weighted by molar-refractivity contribution is 9.10. The molecular weight excluding hydrogens is 342 g/mol. The number of carbonyl (C=O) groups excluding carboxylic acids is 1. The van der Waals surface area contributed by atoms with Crippen LogP contribution in [0.5, 0.6) is 5.75 Å². The fourth-order valence-corrected chi connectivity index (χ4v) is 2.20. The molecule has 2 aromatic rings. The molecule has 3 nitrogen and oxygen atoms in total. The summed E-state index contributed by atoms with van der Waals surface area (Å²) < 4.78 is 6.07. The van der Waals surface area contributed by atoms with Crippen molar-refractivity contribution in [2.45, 2.75) is 6.54 Å². The third-order valence-electron chi connectivity index (χ3n) is 2.77. The lowest BCUT2D eigenvalue weighted by Crippen LogP contribution is -2.23. The van der Waals surface area contributed by atoms with Crippen LogP contribution in [0.4, 0.5) is 0 Å². The van der Waals surface area contributed by atoms with Gasteiger partial charge in [0.1, 0.15) is 5.75 Å². The van der Waals surface area contributed by atoms with Crippen molar-refractivity contribution in [3.63, 3.8) is 0 Å². The van der Waals surface area contributed by atoms with E-state index in [2.05, 4.69) is 21.2 Å². The van der Waals surface area contributed by atoms with E-state index in [-0.39, 0.29) is 5.91 Å². The van der Waals surface area contributed by atoms with E-state index < -0.39 is 0 Å². The molecule has 0 aliphatic carbocycles. The third-order valence-corrected chi connectivity index (χ3v) is 3.52. The summed E-state index contributed by atoms with van der Waals surface area (Å²) in [5.41, 5.74) is 1.49. The van der Waals surface area contributed by atoms with Gasteiger partial charge >= 0.3 is 0 Å². The van der Waals surface area contributed by atoms with Crippen LogP contribution in [0.3, 0.4) is 0 Å². The minimum absolute atomic E-state index is 0.177. The highest BCUT2D eigenvalue weighted by Gasteiger charge is 2.12. The molecule has 20 heavy (non-hydrogen) atoms. The molecule has 104 valence electrons. The highest BCUT2D eigenvalue weighted by Crippen LogP contribution is 2.23. The van der Waals surface area contributed by atoms with Crippen LogP contribution in [0, 0.1) is 0 Å². The summed E-state index contributed by atoms with van der Waals surface area (Å²) in [5, 5.41) is 3.53. The predicted molar refractivity (Wildman–Crippen MR) is 83.3 cm³/mol. The second kappa shape index (κ2) is 6.77. The van der Waals surface area contributed by atoms with Crippen molar-refractivity contribution in [3.8, 4) is 5.75 Å². The van der Waals surface area contributed by atoms with Crippen molar-refractivity contribution < 1.29 is 9.53 Å². The smallest absolute Gasteiger partial charge is 0.255 e. The molecule has 5 heteroatoms. The summed E-state index contributed by atoms with van der Waals surface area (Å²) in [7, 11) is 1.54. The number of rotatable bonds is 4. The van der Waals surface area contributed by atoms with Crippen LogP contribution in [0.15, 0.2) is 46.9 Å². The van der Waals surface area contributed by atoms with Gasteiger partial charge in [-0.05, 0) is 35.9 Å². The molecule has 0 unspecified atom stereocenters. The van der Waals surface area contributed by atoms with Gasteiger partial charge in [0.15, 0.2) is 0 Å². The first-order valence-corrected chi connectivity index (χ1v) is 7.13. The Kier molecular flexibility index (Phi) is 5.04. The van der Waals surface area contributed by atoms with Gasteiger partial charge in [0.2, 0.25) is 0 Å². The van der Waals surface area contributed by atoms with Crippen LogP contribution >= 0.6 is 27.5 Å². The summed E-state index contributed by atoms with van der Waals surface area (Å²) in [6, 6.07) is 12.6. The van der Waals surface area contributed by atoms with Crippen molar-refractivity contribution in [1.82, 2.24) is 5.32 Å². The zero-order valence-electron chi connectivity index (χ0n) is 10.8. The first kappa shape index (κ1) is 14.9. The Balaban J connectivity index is 2.07. The summed E-state index contributed by atoms with van der Waals surface area (Å²) in [6.07, 6.45) is 0. The van der Waals surface area contributed by atoms with Gasteiger partial charge in [0.25, 0.3) is 5.91 Å². The largest absolute Gasteiger partial charge is 0.496 e. The molecule has 0 aliphatic heterocycles. The average Bonchev–Trinajstić information content (AvgIpc) is 2.46. The van der Waals surface area contributed by atoms with Gasteiger partial charge in [-0.3, -0.25) is 4.79 Å². The Morgan fingerprint density at radius 1 is 1.25 bits per heavy atom. The van der Waals surface area contributed by atoms with Gasteiger partial charge in [-0.2, -0.15) is 0 Å². The number of benzene rings is 2.